The van der Waals surface area contributed by atoms with Gasteiger partial charge in [-0.2, -0.15) is 5.10 Å². The minimum atomic E-state index is 0.449. The van der Waals surface area contributed by atoms with E-state index in [1.54, 1.807) is 12.4 Å². The molecule has 146 valence electrons. The normalized spacial score (nSPS) is 13.1. The number of nitrogens with zero attached hydrogens (tertiary/aromatic N) is 5. The molecule has 30 heavy (non-hydrogen) atoms. The van der Waals surface area contributed by atoms with Crippen LogP contribution in [0.4, 0.5) is 5.82 Å². The molecule has 0 saturated heterocycles. The molecule has 0 fully saturated rings. The van der Waals surface area contributed by atoms with Crippen molar-refractivity contribution in [1.29, 1.82) is 0 Å². The molecule has 0 radical (unpaired) electrons. The van der Waals surface area contributed by atoms with Crippen LogP contribution in [0.5, 0.6) is 0 Å². The number of H-pyrrole nitrogens is 1. The number of imidazole rings is 1. The Bertz CT molecular complexity index is 1380. The molecule has 7 heteroatoms. The van der Waals surface area contributed by atoms with Crippen molar-refractivity contribution in [3.05, 3.63) is 72.2 Å². The van der Waals surface area contributed by atoms with Crippen LogP contribution in [0.3, 0.4) is 0 Å². The van der Waals surface area contributed by atoms with Crippen LogP contribution >= 0.6 is 0 Å². The van der Waals surface area contributed by atoms with E-state index >= 15 is 0 Å². The van der Waals surface area contributed by atoms with E-state index in [0.717, 1.165) is 52.3 Å². The Morgan fingerprint density at radius 2 is 1.93 bits per heavy atom. The fourth-order valence-corrected chi connectivity index (χ4v) is 4.24. The maximum atomic E-state index is 6.22. The number of benzene rings is 1. The molecule has 0 spiro atoms. The second-order valence-electron chi connectivity index (χ2n) is 7.54. The van der Waals surface area contributed by atoms with Gasteiger partial charge in [0, 0.05) is 23.6 Å². The van der Waals surface area contributed by atoms with E-state index in [2.05, 4.69) is 37.9 Å². The molecule has 4 aromatic heterocycles. The molecule has 1 aromatic carbocycles. The minimum absolute atomic E-state index is 0.449. The molecule has 7 nitrogen and oxygen atoms in total. The quantitative estimate of drug-likeness (QED) is 0.484. The molecule has 0 unspecified atom stereocenters. The molecule has 0 saturated carbocycles. The number of nitrogens with one attached hydrogen (secondary N) is 1. The van der Waals surface area contributed by atoms with E-state index in [9.17, 15) is 0 Å². The van der Waals surface area contributed by atoms with E-state index < -0.39 is 0 Å². The lowest BCUT2D eigenvalue weighted by Gasteiger charge is -2.12. The maximum Gasteiger partial charge on any atom is 0.165 e. The Labute approximate surface area is 172 Å². The molecule has 0 aliphatic heterocycles. The molecule has 4 heterocycles. The SMILES string of the molecule is Nc1ncccc1-c1nc2ccc(-c3cn[nH]c3)nc2n1-c1ccc2c(c1)CCC2. The van der Waals surface area contributed by atoms with Crippen molar-refractivity contribution in [2.24, 2.45) is 0 Å². The largest absolute Gasteiger partial charge is 0.383 e. The van der Waals surface area contributed by atoms with Crippen LogP contribution in [-0.4, -0.2) is 29.7 Å². The lowest BCUT2D eigenvalue weighted by atomic mass is 10.1. The molecule has 0 amide bonds. The number of anilines is 1. The lowest BCUT2D eigenvalue weighted by molar-refractivity contribution is 0.911. The number of fused-ring (bicyclic) bond motifs is 2. The van der Waals surface area contributed by atoms with Gasteiger partial charge in [-0.25, -0.2) is 15.0 Å². The number of aromatic amines is 1. The molecule has 0 bridgehead atoms. The summed E-state index contributed by atoms with van der Waals surface area (Å²) in [5.41, 5.74) is 14.2. The number of pyridine rings is 2. The van der Waals surface area contributed by atoms with Crippen LogP contribution < -0.4 is 5.73 Å². The summed E-state index contributed by atoms with van der Waals surface area (Å²) in [5.74, 6) is 1.19. The Hall–Kier alpha value is -4.00. The fourth-order valence-electron chi connectivity index (χ4n) is 4.24. The summed E-state index contributed by atoms with van der Waals surface area (Å²) in [6.45, 7) is 0. The monoisotopic (exact) mass is 393 g/mol. The highest BCUT2D eigenvalue weighted by atomic mass is 15.1. The van der Waals surface area contributed by atoms with Gasteiger partial charge in [0.15, 0.2) is 11.5 Å². The van der Waals surface area contributed by atoms with Crippen molar-refractivity contribution >= 4 is 17.0 Å². The van der Waals surface area contributed by atoms with Gasteiger partial charge in [-0.05, 0) is 66.8 Å². The van der Waals surface area contributed by atoms with Crippen molar-refractivity contribution in [3.63, 3.8) is 0 Å². The third kappa shape index (κ3) is 2.59. The molecular weight excluding hydrogens is 374 g/mol. The van der Waals surface area contributed by atoms with Crippen LogP contribution in [0.2, 0.25) is 0 Å². The number of nitrogens with two attached hydrogens (primary N) is 1. The molecule has 6 rings (SSSR count). The van der Waals surface area contributed by atoms with Gasteiger partial charge in [-0.3, -0.25) is 9.67 Å². The average molecular weight is 393 g/mol. The van der Waals surface area contributed by atoms with E-state index in [-0.39, 0.29) is 0 Å². The zero-order valence-corrected chi connectivity index (χ0v) is 16.2. The van der Waals surface area contributed by atoms with E-state index in [0.29, 0.717) is 5.82 Å². The predicted molar refractivity (Wildman–Crippen MR) is 116 cm³/mol. The zero-order valence-electron chi connectivity index (χ0n) is 16.2. The Morgan fingerprint density at radius 1 is 1.00 bits per heavy atom. The topological polar surface area (TPSA) is 98.3 Å². The third-order valence-corrected chi connectivity index (χ3v) is 5.72. The van der Waals surface area contributed by atoms with Crippen molar-refractivity contribution in [2.45, 2.75) is 19.3 Å². The molecule has 5 aromatic rings. The average Bonchev–Trinajstić information content (AvgIpc) is 3.51. The van der Waals surface area contributed by atoms with Crippen LogP contribution in [0.25, 0.3) is 39.5 Å². The summed E-state index contributed by atoms with van der Waals surface area (Å²) >= 11 is 0. The summed E-state index contributed by atoms with van der Waals surface area (Å²) in [6.07, 6.45) is 8.75. The summed E-state index contributed by atoms with van der Waals surface area (Å²) < 4.78 is 2.09. The zero-order chi connectivity index (χ0) is 20.1. The second-order valence-corrected chi connectivity index (χ2v) is 7.54. The first-order valence-electron chi connectivity index (χ1n) is 9.99. The number of hydrogen-bond acceptors (Lipinski definition) is 5. The standard InChI is InChI=1S/C23H19N7/c24-21-18(5-2-10-25-21)22-29-20-9-8-19(16-12-26-27-13-16)28-23(20)30(22)17-7-6-14-3-1-4-15(14)11-17/h2,5-13H,1,3-4H2,(H2,24,25)(H,26,27). The van der Waals surface area contributed by atoms with E-state index in [4.69, 9.17) is 15.7 Å². The highest BCUT2D eigenvalue weighted by molar-refractivity contribution is 5.84. The summed E-state index contributed by atoms with van der Waals surface area (Å²) in [7, 11) is 0. The maximum absolute atomic E-state index is 6.22. The van der Waals surface area contributed by atoms with Crippen LogP contribution in [-0.2, 0) is 12.8 Å². The van der Waals surface area contributed by atoms with Gasteiger partial charge in [0.1, 0.15) is 11.3 Å². The van der Waals surface area contributed by atoms with Crippen LogP contribution in [0, 0.1) is 0 Å². The summed E-state index contributed by atoms with van der Waals surface area (Å²) in [4.78, 5) is 14.1. The Kier molecular flexibility index (Phi) is 3.67. The first kappa shape index (κ1) is 16.9. The van der Waals surface area contributed by atoms with E-state index in [1.807, 2.05) is 30.5 Å². The van der Waals surface area contributed by atoms with Gasteiger partial charge in [-0.1, -0.05) is 6.07 Å². The highest BCUT2D eigenvalue weighted by Crippen LogP contribution is 2.33. The number of aromatic nitrogens is 6. The summed E-state index contributed by atoms with van der Waals surface area (Å²) in [6, 6.07) is 14.4. The Morgan fingerprint density at radius 3 is 2.80 bits per heavy atom. The summed E-state index contributed by atoms with van der Waals surface area (Å²) in [5, 5.41) is 6.90. The number of aryl methyl sites for hydroxylation is 2. The first-order chi connectivity index (χ1) is 14.8. The fraction of sp³-hybridized carbons (Fsp3) is 0.130. The Balaban J connectivity index is 1.65. The molecule has 1 aliphatic carbocycles. The van der Waals surface area contributed by atoms with Gasteiger partial charge in [0.05, 0.1) is 17.5 Å². The van der Waals surface area contributed by atoms with Crippen LogP contribution in [0.1, 0.15) is 17.5 Å². The second kappa shape index (κ2) is 6.52. The van der Waals surface area contributed by atoms with Gasteiger partial charge in [0.25, 0.3) is 0 Å². The third-order valence-electron chi connectivity index (χ3n) is 5.72. The number of rotatable bonds is 3. The van der Waals surface area contributed by atoms with Gasteiger partial charge in [0.2, 0.25) is 0 Å². The lowest BCUT2D eigenvalue weighted by Crippen LogP contribution is -2.03. The predicted octanol–water partition coefficient (Wildman–Crippen LogP) is 3.94. The van der Waals surface area contributed by atoms with Crippen LogP contribution in [0.15, 0.2) is 61.1 Å². The number of hydrogen-bond donors (Lipinski definition) is 2. The van der Waals surface area contributed by atoms with Crippen molar-refractivity contribution < 1.29 is 0 Å². The molecule has 3 N–H and O–H groups in total. The van der Waals surface area contributed by atoms with Crippen molar-refractivity contribution in [2.75, 3.05) is 5.73 Å². The van der Waals surface area contributed by atoms with Gasteiger partial charge < -0.3 is 5.73 Å². The first-order valence-corrected chi connectivity index (χ1v) is 9.99. The van der Waals surface area contributed by atoms with E-state index in [1.165, 1.54) is 17.5 Å². The molecule has 1 aliphatic rings. The minimum Gasteiger partial charge on any atom is -0.383 e. The molecular formula is C23H19N7. The van der Waals surface area contributed by atoms with Crippen molar-refractivity contribution in [1.82, 2.24) is 29.7 Å². The number of nitrogen functional groups attached to an aromatic ring is 1. The highest BCUT2D eigenvalue weighted by Gasteiger charge is 2.20. The van der Waals surface area contributed by atoms with Gasteiger partial charge >= 0.3 is 0 Å². The van der Waals surface area contributed by atoms with Crippen molar-refractivity contribution in [3.8, 4) is 28.3 Å². The van der Waals surface area contributed by atoms with Gasteiger partial charge in [-0.15, -0.1) is 0 Å². The molecule has 0 atom stereocenters. The smallest absolute Gasteiger partial charge is 0.165 e.